The number of benzene rings is 2. The largest absolute Gasteiger partial charge is 0.497 e. The first kappa shape index (κ1) is 17.3. The molecule has 2 aromatic rings. The van der Waals surface area contributed by atoms with Crippen LogP contribution in [-0.2, 0) is 4.79 Å². The molecule has 5 heteroatoms. The highest BCUT2D eigenvalue weighted by Gasteiger charge is 2.37. The van der Waals surface area contributed by atoms with Crippen LogP contribution in [0.5, 0.6) is 11.5 Å². The van der Waals surface area contributed by atoms with Crippen molar-refractivity contribution in [3.05, 3.63) is 59.7 Å². The summed E-state index contributed by atoms with van der Waals surface area (Å²) in [6.45, 7) is 0.813. The van der Waals surface area contributed by atoms with E-state index < -0.39 is 6.04 Å². The van der Waals surface area contributed by atoms with E-state index in [1.807, 2.05) is 48.5 Å². The quantitative estimate of drug-likeness (QED) is 0.878. The summed E-state index contributed by atoms with van der Waals surface area (Å²) in [7, 11) is 3.31. The van der Waals surface area contributed by atoms with Crippen LogP contribution in [0.4, 0.5) is 0 Å². The fourth-order valence-corrected chi connectivity index (χ4v) is 3.69. The van der Waals surface area contributed by atoms with Crippen LogP contribution < -0.4 is 15.2 Å². The summed E-state index contributed by atoms with van der Waals surface area (Å²) < 4.78 is 10.9. The van der Waals surface area contributed by atoms with Crippen molar-refractivity contribution in [3.63, 3.8) is 0 Å². The van der Waals surface area contributed by atoms with Gasteiger partial charge < -0.3 is 15.2 Å². The number of ether oxygens (including phenoxy) is 2. The molecule has 2 atom stereocenters. The molecule has 0 spiro atoms. The van der Waals surface area contributed by atoms with Crippen molar-refractivity contribution in [2.24, 2.45) is 5.73 Å². The Labute approximate surface area is 148 Å². The molecule has 1 saturated heterocycles. The number of nitrogens with zero attached hydrogens (tertiary/aromatic N) is 1. The second-order valence-corrected chi connectivity index (χ2v) is 6.22. The van der Waals surface area contributed by atoms with Gasteiger partial charge in [-0.05, 0) is 43.1 Å². The van der Waals surface area contributed by atoms with Gasteiger partial charge in [-0.2, -0.15) is 0 Å². The van der Waals surface area contributed by atoms with Gasteiger partial charge in [-0.15, -0.1) is 0 Å². The van der Waals surface area contributed by atoms with E-state index in [4.69, 9.17) is 15.2 Å². The molecular weight excluding hydrogens is 316 g/mol. The van der Waals surface area contributed by atoms with E-state index in [0.29, 0.717) is 0 Å². The number of likely N-dealkylation sites (tertiary alicyclic amines) is 1. The number of hydrogen-bond donors (Lipinski definition) is 1. The molecule has 0 aromatic heterocycles. The number of hydrogen-bond acceptors (Lipinski definition) is 4. The van der Waals surface area contributed by atoms with E-state index in [0.717, 1.165) is 42.0 Å². The molecule has 1 aliphatic heterocycles. The van der Waals surface area contributed by atoms with Gasteiger partial charge in [-0.1, -0.05) is 30.3 Å². The second-order valence-electron chi connectivity index (χ2n) is 6.22. The molecule has 0 bridgehead atoms. The van der Waals surface area contributed by atoms with E-state index in [1.54, 1.807) is 14.2 Å². The Hall–Kier alpha value is -2.53. The number of carbonyl (C=O) groups is 1. The van der Waals surface area contributed by atoms with Crippen LogP contribution in [0.15, 0.2) is 48.5 Å². The summed E-state index contributed by atoms with van der Waals surface area (Å²) in [5.41, 5.74) is 7.73. The normalized spacial score (nSPS) is 18.7. The molecule has 5 nitrogen and oxygen atoms in total. The number of carbonyl (C=O) groups excluding carboxylic acids is 1. The Morgan fingerprint density at radius 1 is 1.16 bits per heavy atom. The summed E-state index contributed by atoms with van der Waals surface area (Å²) in [6.07, 6.45) is 1.95. The maximum atomic E-state index is 12.3. The van der Waals surface area contributed by atoms with Gasteiger partial charge in [0.25, 0.3) is 0 Å². The first-order valence-corrected chi connectivity index (χ1v) is 8.47. The van der Waals surface area contributed by atoms with Crippen LogP contribution in [0.25, 0.3) is 0 Å². The third-order valence-corrected chi connectivity index (χ3v) is 4.81. The number of nitrogens with two attached hydrogens (primary N) is 1. The van der Waals surface area contributed by atoms with Crippen molar-refractivity contribution in [1.82, 2.24) is 4.90 Å². The fourth-order valence-electron chi connectivity index (χ4n) is 3.69. The minimum absolute atomic E-state index is 0.0581. The SMILES string of the molecule is COc1ccc(OC)c([C@@H]2CCCN2[C@H](C(N)=O)c2ccccc2)c1. The van der Waals surface area contributed by atoms with E-state index in [2.05, 4.69) is 4.90 Å². The molecule has 2 N–H and O–H groups in total. The molecule has 132 valence electrons. The van der Waals surface area contributed by atoms with Crippen molar-refractivity contribution in [3.8, 4) is 11.5 Å². The van der Waals surface area contributed by atoms with Crippen LogP contribution in [-0.4, -0.2) is 31.6 Å². The second kappa shape index (κ2) is 7.57. The predicted molar refractivity (Wildman–Crippen MR) is 96.6 cm³/mol. The molecule has 0 aliphatic carbocycles. The Bertz CT molecular complexity index is 733. The minimum Gasteiger partial charge on any atom is -0.497 e. The zero-order chi connectivity index (χ0) is 17.8. The molecule has 1 heterocycles. The summed E-state index contributed by atoms with van der Waals surface area (Å²) >= 11 is 0. The third kappa shape index (κ3) is 3.46. The van der Waals surface area contributed by atoms with Gasteiger partial charge in [0.2, 0.25) is 5.91 Å². The standard InChI is InChI=1S/C20H24N2O3/c1-24-15-10-11-18(25-2)16(13-15)17-9-6-12-22(17)19(20(21)23)14-7-4-3-5-8-14/h3-5,7-8,10-11,13,17,19H,6,9,12H2,1-2H3,(H2,21,23)/t17-,19-/m0/s1. The zero-order valence-electron chi connectivity index (χ0n) is 14.6. The number of primary amides is 1. The molecule has 0 unspecified atom stereocenters. The van der Waals surface area contributed by atoms with Gasteiger partial charge in [0, 0.05) is 11.6 Å². The van der Waals surface area contributed by atoms with Crippen LogP contribution in [0, 0.1) is 0 Å². The van der Waals surface area contributed by atoms with E-state index >= 15 is 0 Å². The van der Waals surface area contributed by atoms with Crippen molar-refractivity contribution in [2.75, 3.05) is 20.8 Å². The summed E-state index contributed by atoms with van der Waals surface area (Å²) in [5.74, 6) is 1.24. The molecule has 25 heavy (non-hydrogen) atoms. The maximum absolute atomic E-state index is 12.3. The Kier molecular flexibility index (Phi) is 5.24. The van der Waals surface area contributed by atoms with Crippen LogP contribution in [0.2, 0.25) is 0 Å². The average Bonchev–Trinajstić information content (AvgIpc) is 3.11. The maximum Gasteiger partial charge on any atom is 0.239 e. The van der Waals surface area contributed by atoms with Gasteiger partial charge >= 0.3 is 0 Å². The smallest absolute Gasteiger partial charge is 0.239 e. The number of amides is 1. The van der Waals surface area contributed by atoms with Crippen molar-refractivity contribution in [1.29, 1.82) is 0 Å². The minimum atomic E-state index is -0.454. The molecular formula is C20H24N2O3. The zero-order valence-corrected chi connectivity index (χ0v) is 14.6. The molecule has 1 fully saturated rings. The highest BCUT2D eigenvalue weighted by molar-refractivity contribution is 5.81. The number of rotatable bonds is 6. The highest BCUT2D eigenvalue weighted by Crippen LogP contribution is 2.42. The molecule has 3 rings (SSSR count). The van der Waals surface area contributed by atoms with Crippen molar-refractivity contribution >= 4 is 5.91 Å². The Morgan fingerprint density at radius 3 is 2.56 bits per heavy atom. The van der Waals surface area contributed by atoms with Gasteiger partial charge in [0.05, 0.1) is 14.2 Å². The highest BCUT2D eigenvalue weighted by atomic mass is 16.5. The van der Waals surface area contributed by atoms with Gasteiger partial charge in [-0.25, -0.2) is 0 Å². The van der Waals surface area contributed by atoms with Crippen LogP contribution in [0.3, 0.4) is 0 Å². The van der Waals surface area contributed by atoms with Crippen LogP contribution in [0.1, 0.15) is 36.1 Å². The lowest BCUT2D eigenvalue weighted by molar-refractivity contribution is -0.123. The van der Waals surface area contributed by atoms with E-state index in [9.17, 15) is 4.79 Å². The first-order valence-electron chi connectivity index (χ1n) is 8.47. The molecule has 0 radical (unpaired) electrons. The summed E-state index contributed by atoms with van der Waals surface area (Å²) in [5, 5.41) is 0. The summed E-state index contributed by atoms with van der Waals surface area (Å²) in [6, 6.07) is 15.1. The van der Waals surface area contributed by atoms with E-state index in [-0.39, 0.29) is 11.9 Å². The fraction of sp³-hybridized carbons (Fsp3) is 0.350. The number of methoxy groups -OCH3 is 2. The van der Waals surface area contributed by atoms with Crippen molar-refractivity contribution in [2.45, 2.75) is 24.9 Å². The van der Waals surface area contributed by atoms with Gasteiger partial charge in [-0.3, -0.25) is 9.69 Å². The monoisotopic (exact) mass is 340 g/mol. The van der Waals surface area contributed by atoms with Gasteiger partial charge in [0.15, 0.2) is 0 Å². The molecule has 2 aromatic carbocycles. The molecule has 1 aliphatic rings. The summed E-state index contributed by atoms with van der Waals surface area (Å²) in [4.78, 5) is 14.4. The lowest BCUT2D eigenvalue weighted by Crippen LogP contribution is -2.37. The first-order chi connectivity index (χ1) is 12.2. The molecule has 1 amide bonds. The average molecular weight is 340 g/mol. The topological polar surface area (TPSA) is 64.8 Å². The van der Waals surface area contributed by atoms with Gasteiger partial charge in [0.1, 0.15) is 17.5 Å². The molecule has 0 saturated carbocycles. The lowest BCUT2D eigenvalue weighted by atomic mass is 9.99. The Morgan fingerprint density at radius 2 is 1.92 bits per heavy atom. The third-order valence-electron chi connectivity index (χ3n) is 4.81. The predicted octanol–water partition coefficient (Wildman–Crippen LogP) is 3.07. The Balaban J connectivity index is 2.01. The van der Waals surface area contributed by atoms with Crippen molar-refractivity contribution < 1.29 is 14.3 Å². The lowest BCUT2D eigenvalue weighted by Gasteiger charge is -2.32. The van der Waals surface area contributed by atoms with Crippen LogP contribution >= 0.6 is 0 Å². The van der Waals surface area contributed by atoms with E-state index in [1.165, 1.54) is 0 Å².